The van der Waals surface area contributed by atoms with Crippen molar-refractivity contribution in [3.63, 3.8) is 0 Å². The Kier molecular flexibility index (Phi) is 3.97. The van der Waals surface area contributed by atoms with Gasteiger partial charge in [0, 0.05) is 11.1 Å². The van der Waals surface area contributed by atoms with Gasteiger partial charge in [-0.2, -0.15) is 0 Å². The summed E-state index contributed by atoms with van der Waals surface area (Å²) >= 11 is 0. The van der Waals surface area contributed by atoms with Gasteiger partial charge in [0.05, 0.1) is 7.11 Å². The third-order valence-corrected chi connectivity index (χ3v) is 4.09. The molecule has 0 saturated heterocycles. The van der Waals surface area contributed by atoms with Gasteiger partial charge < -0.3 is 4.74 Å². The van der Waals surface area contributed by atoms with Gasteiger partial charge in [-0.05, 0) is 36.1 Å². The lowest BCUT2D eigenvalue weighted by Gasteiger charge is -2.16. The molecule has 0 aliphatic heterocycles. The predicted octanol–water partition coefficient (Wildman–Crippen LogP) is 5.65. The summed E-state index contributed by atoms with van der Waals surface area (Å²) in [4.78, 5) is 0. The van der Waals surface area contributed by atoms with E-state index < -0.39 is 0 Å². The largest absolute Gasteiger partial charge is 0.495 e. The molecule has 22 heavy (non-hydrogen) atoms. The number of aryl methyl sites for hydroxylation is 2. The predicted molar refractivity (Wildman–Crippen MR) is 93.3 cm³/mol. The van der Waals surface area contributed by atoms with Crippen molar-refractivity contribution >= 4 is 0 Å². The first-order valence-corrected chi connectivity index (χ1v) is 7.51. The van der Waals surface area contributed by atoms with Gasteiger partial charge >= 0.3 is 0 Å². The summed E-state index contributed by atoms with van der Waals surface area (Å²) in [5.41, 5.74) is 7.22. The van der Waals surface area contributed by atoms with Crippen LogP contribution in [0.2, 0.25) is 0 Å². The number of methoxy groups -OCH3 is 1. The van der Waals surface area contributed by atoms with Crippen LogP contribution in [0.25, 0.3) is 22.3 Å². The molecule has 0 N–H and O–H groups in total. The van der Waals surface area contributed by atoms with Gasteiger partial charge in [0.1, 0.15) is 5.75 Å². The highest BCUT2D eigenvalue weighted by atomic mass is 16.5. The summed E-state index contributed by atoms with van der Waals surface area (Å²) in [5.74, 6) is 0.936. The molecule has 1 heteroatoms. The van der Waals surface area contributed by atoms with Crippen LogP contribution >= 0.6 is 0 Å². The highest BCUT2D eigenvalue weighted by Crippen LogP contribution is 2.40. The van der Waals surface area contributed by atoms with E-state index >= 15 is 0 Å². The molecule has 3 rings (SSSR count). The van der Waals surface area contributed by atoms with E-state index in [1.165, 1.54) is 22.3 Å². The molecule has 0 amide bonds. The van der Waals surface area contributed by atoms with Crippen LogP contribution in [-0.2, 0) is 0 Å². The van der Waals surface area contributed by atoms with E-state index in [9.17, 15) is 0 Å². The maximum Gasteiger partial charge on any atom is 0.134 e. The highest BCUT2D eigenvalue weighted by Gasteiger charge is 2.14. The maximum absolute atomic E-state index is 5.80. The Morgan fingerprint density at radius 2 is 0.955 bits per heavy atom. The van der Waals surface area contributed by atoms with E-state index in [2.05, 4.69) is 80.6 Å². The second-order valence-corrected chi connectivity index (χ2v) is 5.52. The fourth-order valence-electron chi connectivity index (χ4n) is 2.93. The Hall–Kier alpha value is -2.54. The van der Waals surface area contributed by atoms with E-state index in [1.54, 1.807) is 7.11 Å². The van der Waals surface area contributed by atoms with Gasteiger partial charge in [-0.3, -0.25) is 0 Å². The molecule has 0 aliphatic carbocycles. The molecule has 0 spiro atoms. The van der Waals surface area contributed by atoms with Crippen LogP contribution in [0.4, 0.5) is 0 Å². The minimum Gasteiger partial charge on any atom is -0.495 e. The molecule has 0 aromatic heterocycles. The van der Waals surface area contributed by atoms with Crippen LogP contribution in [0.1, 0.15) is 11.1 Å². The van der Waals surface area contributed by atoms with Gasteiger partial charge in [0.2, 0.25) is 0 Å². The summed E-state index contributed by atoms with van der Waals surface area (Å²) in [7, 11) is 1.75. The molecule has 1 nitrogen and oxygen atoms in total. The van der Waals surface area contributed by atoms with Crippen LogP contribution in [0.5, 0.6) is 5.75 Å². The second kappa shape index (κ2) is 6.07. The van der Waals surface area contributed by atoms with Crippen molar-refractivity contribution in [2.45, 2.75) is 13.8 Å². The molecular formula is C21H20O. The van der Waals surface area contributed by atoms with Crippen LogP contribution in [-0.4, -0.2) is 7.11 Å². The Labute approximate surface area is 132 Å². The molecule has 0 unspecified atom stereocenters. The standard InChI is InChI=1S/C21H20O/c1-15-9-4-6-11-17(15)19-13-8-14-20(21(19)22-3)18-12-7-5-10-16(18)2/h4-14H,1-3H3. The Bertz CT molecular complexity index is 739. The molecular weight excluding hydrogens is 268 g/mol. The summed E-state index contributed by atoms with van der Waals surface area (Å²) in [6, 6.07) is 23.2. The smallest absolute Gasteiger partial charge is 0.134 e. The second-order valence-electron chi connectivity index (χ2n) is 5.52. The number of hydrogen-bond acceptors (Lipinski definition) is 1. The number of hydrogen-bond donors (Lipinski definition) is 0. The molecule has 0 heterocycles. The molecule has 0 atom stereocenters. The van der Waals surface area contributed by atoms with E-state index in [-0.39, 0.29) is 0 Å². The summed E-state index contributed by atoms with van der Waals surface area (Å²) in [5, 5.41) is 0. The topological polar surface area (TPSA) is 9.23 Å². The molecule has 0 saturated carbocycles. The number of benzene rings is 3. The van der Waals surface area contributed by atoms with Crippen molar-refractivity contribution in [3.05, 3.63) is 77.9 Å². The van der Waals surface area contributed by atoms with Gasteiger partial charge in [-0.1, -0.05) is 66.7 Å². The first-order valence-electron chi connectivity index (χ1n) is 7.51. The van der Waals surface area contributed by atoms with Gasteiger partial charge in [0.15, 0.2) is 0 Å². The van der Waals surface area contributed by atoms with E-state index in [4.69, 9.17) is 4.74 Å². The molecule has 0 radical (unpaired) electrons. The van der Waals surface area contributed by atoms with Crippen molar-refractivity contribution in [2.24, 2.45) is 0 Å². The Morgan fingerprint density at radius 1 is 0.545 bits per heavy atom. The molecule has 110 valence electrons. The van der Waals surface area contributed by atoms with Gasteiger partial charge in [-0.15, -0.1) is 0 Å². The van der Waals surface area contributed by atoms with Crippen molar-refractivity contribution in [1.29, 1.82) is 0 Å². The zero-order valence-corrected chi connectivity index (χ0v) is 13.3. The van der Waals surface area contributed by atoms with E-state index in [1.807, 2.05) is 0 Å². The molecule has 0 bridgehead atoms. The number of para-hydroxylation sites is 1. The first kappa shape index (κ1) is 14.4. The summed E-state index contributed by atoms with van der Waals surface area (Å²) < 4.78 is 5.80. The van der Waals surface area contributed by atoms with Crippen LogP contribution in [0, 0.1) is 13.8 Å². The maximum atomic E-state index is 5.80. The lowest BCUT2D eigenvalue weighted by atomic mass is 9.93. The summed E-state index contributed by atoms with van der Waals surface area (Å²) in [6.45, 7) is 4.27. The molecule has 0 fully saturated rings. The SMILES string of the molecule is COc1c(-c2ccccc2C)cccc1-c1ccccc1C. The van der Waals surface area contributed by atoms with Gasteiger partial charge in [0.25, 0.3) is 0 Å². The average molecular weight is 288 g/mol. The lowest BCUT2D eigenvalue weighted by Crippen LogP contribution is -1.94. The molecule has 3 aromatic carbocycles. The normalized spacial score (nSPS) is 10.5. The quantitative estimate of drug-likeness (QED) is 0.605. The Morgan fingerprint density at radius 3 is 1.36 bits per heavy atom. The van der Waals surface area contributed by atoms with E-state index in [0.717, 1.165) is 16.9 Å². The van der Waals surface area contributed by atoms with Crippen LogP contribution < -0.4 is 4.74 Å². The monoisotopic (exact) mass is 288 g/mol. The molecule has 0 aliphatic rings. The fourth-order valence-corrected chi connectivity index (χ4v) is 2.93. The third-order valence-electron chi connectivity index (χ3n) is 4.09. The average Bonchev–Trinajstić information content (AvgIpc) is 2.55. The minimum absolute atomic E-state index is 0.936. The minimum atomic E-state index is 0.936. The van der Waals surface area contributed by atoms with Crippen molar-refractivity contribution < 1.29 is 4.74 Å². The molecule has 3 aromatic rings. The zero-order valence-electron chi connectivity index (χ0n) is 13.3. The third kappa shape index (κ3) is 2.50. The van der Waals surface area contributed by atoms with Gasteiger partial charge in [-0.25, -0.2) is 0 Å². The first-order chi connectivity index (χ1) is 10.7. The number of ether oxygens (including phenoxy) is 1. The Balaban J connectivity index is 2.25. The lowest BCUT2D eigenvalue weighted by molar-refractivity contribution is 0.418. The fraction of sp³-hybridized carbons (Fsp3) is 0.143. The summed E-state index contributed by atoms with van der Waals surface area (Å²) in [6.07, 6.45) is 0. The van der Waals surface area contributed by atoms with E-state index in [0.29, 0.717) is 0 Å². The van der Waals surface area contributed by atoms with Crippen molar-refractivity contribution in [3.8, 4) is 28.0 Å². The van der Waals surface area contributed by atoms with Crippen molar-refractivity contribution in [1.82, 2.24) is 0 Å². The highest BCUT2D eigenvalue weighted by molar-refractivity contribution is 5.84. The number of rotatable bonds is 3. The van der Waals surface area contributed by atoms with Crippen LogP contribution in [0.15, 0.2) is 66.7 Å². The van der Waals surface area contributed by atoms with Crippen LogP contribution in [0.3, 0.4) is 0 Å². The zero-order chi connectivity index (χ0) is 15.5. The van der Waals surface area contributed by atoms with Crippen molar-refractivity contribution in [2.75, 3.05) is 7.11 Å².